The number of hydrogen-bond donors (Lipinski definition) is 3. The van der Waals surface area contributed by atoms with E-state index in [9.17, 15) is 22.2 Å². The first kappa shape index (κ1) is 35.8. The van der Waals surface area contributed by atoms with Crippen molar-refractivity contribution in [1.82, 2.24) is 15.3 Å². The molecule has 2 heterocycles. The lowest BCUT2D eigenvalue weighted by Gasteiger charge is -2.25. The summed E-state index contributed by atoms with van der Waals surface area (Å²) in [5.74, 6) is 0.285. The highest BCUT2D eigenvalue weighted by atomic mass is 32.2. The molecule has 0 spiro atoms. The predicted molar refractivity (Wildman–Crippen MR) is 192 cm³/mol. The number of nitrogens with one attached hydrogen (secondary N) is 2. The standard InChI is InChI=1S/C38H38FN5O5S/c1-38(2,26-41-37(45)30-16-19-35(40-24-30)44-42-25-29-12-6-7-13-34(29)50(46,47)48)20-8-9-21-49-36-23-31(27-10-4-3-5-11-27)22-33(43-36)28-14-17-32(39)18-15-28/h3-7,10-19,22-25H,8-9,20-21,26H2,1-2H3,(H,40,44)(H,41,45)(H,46,47,48)/b42-25+. The number of carbonyl (C=O) groups is 1. The molecule has 10 nitrogen and oxygen atoms in total. The second-order valence-corrected chi connectivity index (χ2v) is 13.8. The Kier molecular flexibility index (Phi) is 11.7. The average Bonchev–Trinajstić information content (AvgIpc) is 3.11. The van der Waals surface area contributed by atoms with Gasteiger partial charge in [-0.15, -0.1) is 0 Å². The zero-order valence-electron chi connectivity index (χ0n) is 27.7. The number of carbonyl (C=O) groups excluding carboxylic acids is 1. The number of hydrogen-bond acceptors (Lipinski definition) is 8. The van der Waals surface area contributed by atoms with Crippen LogP contribution in [0.25, 0.3) is 22.4 Å². The summed E-state index contributed by atoms with van der Waals surface area (Å²) in [7, 11) is -4.39. The maximum Gasteiger partial charge on any atom is 0.295 e. The molecule has 0 bridgehead atoms. The number of unbranched alkanes of at least 4 members (excludes halogenated alkanes) is 1. The third kappa shape index (κ3) is 10.3. The Labute approximate surface area is 291 Å². The number of amides is 1. The van der Waals surface area contributed by atoms with Gasteiger partial charge < -0.3 is 10.1 Å². The van der Waals surface area contributed by atoms with E-state index in [0.717, 1.165) is 36.0 Å². The maximum atomic E-state index is 13.5. The number of anilines is 1. The topological polar surface area (TPSA) is 143 Å². The molecule has 12 heteroatoms. The third-order valence-corrected chi connectivity index (χ3v) is 8.81. The van der Waals surface area contributed by atoms with Gasteiger partial charge in [0, 0.05) is 29.9 Å². The summed E-state index contributed by atoms with van der Waals surface area (Å²) >= 11 is 0. The van der Waals surface area contributed by atoms with Gasteiger partial charge in [0.2, 0.25) is 5.88 Å². The van der Waals surface area contributed by atoms with Gasteiger partial charge in [-0.1, -0.05) is 62.4 Å². The number of rotatable bonds is 15. The van der Waals surface area contributed by atoms with E-state index in [1.807, 2.05) is 42.5 Å². The van der Waals surface area contributed by atoms with Gasteiger partial charge in [0.15, 0.2) is 0 Å². The minimum absolute atomic E-state index is 0.168. The molecule has 1 amide bonds. The van der Waals surface area contributed by atoms with Crippen molar-refractivity contribution in [3.8, 4) is 28.3 Å². The molecule has 0 radical (unpaired) electrons. The molecule has 50 heavy (non-hydrogen) atoms. The lowest BCUT2D eigenvalue weighted by molar-refractivity contribution is 0.0933. The highest BCUT2D eigenvalue weighted by Crippen LogP contribution is 2.29. The van der Waals surface area contributed by atoms with Gasteiger partial charge in [-0.2, -0.15) is 13.5 Å². The minimum atomic E-state index is -4.39. The SMILES string of the molecule is CC(C)(CCCCOc1cc(-c2ccccc2)cc(-c2ccc(F)cc2)n1)CNC(=O)c1ccc(N/N=C/c2ccccc2S(=O)(=O)O)nc1. The lowest BCUT2D eigenvalue weighted by atomic mass is 9.87. The van der Waals surface area contributed by atoms with Crippen LogP contribution in [-0.4, -0.2) is 48.2 Å². The molecule has 2 aromatic heterocycles. The van der Waals surface area contributed by atoms with Crippen molar-refractivity contribution in [3.05, 3.63) is 126 Å². The molecule has 0 saturated carbocycles. The van der Waals surface area contributed by atoms with Crippen LogP contribution in [0.15, 0.2) is 119 Å². The summed E-state index contributed by atoms with van der Waals surface area (Å²) in [6, 6.07) is 29.2. The molecular weight excluding hydrogens is 658 g/mol. The third-order valence-electron chi connectivity index (χ3n) is 7.88. The van der Waals surface area contributed by atoms with E-state index >= 15 is 0 Å². The molecular formula is C38H38FN5O5S. The van der Waals surface area contributed by atoms with Crippen LogP contribution in [0.4, 0.5) is 10.2 Å². The van der Waals surface area contributed by atoms with Crippen molar-refractivity contribution >= 4 is 28.1 Å². The molecule has 0 aliphatic carbocycles. The second-order valence-electron chi connectivity index (χ2n) is 12.4. The van der Waals surface area contributed by atoms with Gasteiger partial charge in [0.25, 0.3) is 16.0 Å². The molecule has 0 aliphatic heterocycles. The van der Waals surface area contributed by atoms with Gasteiger partial charge in [0.1, 0.15) is 16.5 Å². The maximum absolute atomic E-state index is 13.5. The number of nitrogens with zero attached hydrogens (tertiary/aromatic N) is 3. The Hall–Kier alpha value is -5.46. The first-order valence-corrected chi connectivity index (χ1v) is 17.5. The van der Waals surface area contributed by atoms with E-state index in [-0.39, 0.29) is 27.6 Å². The second kappa shape index (κ2) is 16.3. The van der Waals surface area contributed by atoms with E-state index in [4.69, 9.17) is 9.72 Å². The molecule has 5 rings (SSSR count). The average molecular weight is 696 g/mol. The molecule has 0 aliphatic rings. The first-order valence-electron chi connectivity index (χ1n) is 16.0. The Bertz CT molecular complexity index is 2040. The fourth-order valence-corrected chi connectivity index (χ4v) is 5.79. The van der Waals surface area contributed by atoms with Crippen LogP contribution >= 0.6 is 0 Å². The summed E-state index contributed by atoms with van der Waals surface area (Å²) < 4.78 is 52.1. The van der Waals surface area contributed by atoms with E-state index in [0.29, 0.717) is 36.1 Å². The zero-order valence-corrected chi connectivity index (χ0v) is 28.5. The largest absolute Gasteiger partial charge is 0.478 e. The number of ether oxygens (including phenoxy) is 1. The molecule has 3 aromatic carbocycles. The van der Waals surface area contributed by atoms with Crippen LogP contribution in [0.5, 0.6) is 5.88 Å². The first-order chi connectivity index (χ1) is 24.0. The van der Waals surface area contributed by atoms with Crippen LogP contribution in [0, 0.1) is 11.2 Å². The summed E-state index contributed by atoms with van der Waals surface area (Å²) in [6.45, 7) is 5.13. The van der Waals surface area contributed by atoms with E-state index in [1.165, 1.54) is 42.7 Å². The smallest absolute Gasteiger partial charge is 0.295 e. The Balaban J connectivity index is 1.08. The highest BCUT2D eigenvalue weighted by Gasteiger charge is 2.19. The van der Waals surface area contributed by atoms with Crippen LogP contribution in [0.1, 0.15) is 49.0 Å². The quantitative estimate of drug-likeness (QED) is 0.0439. The number of hydrazone groups is 1. The van der Waals surface area contributed by atoms with Gasteiger partial charge in [-0.05, 0) is 84.3 Å². The van der Waals surface area contributed by atoms with Crippen LogP contribution in [0.2, 0.25) is 0 Å². The molecule has 0 fully saturated rings. The highest BCUT2D eigenvalue weighted by molar-refractivity contribution is 7.86. The van der Waals surface area contributed by atoms with Gasteiger partial charge in [0.05, 0.1) is 24.1 Å². The van der Waals surface area contributed by atoms with Crippen molar-refractivity contribution < 1.29 is 26.9 Å². The predicted octanol–water partition coefficient (Wildman–Crippen LogP) is 7.65. The fourth-order valence-electron chi connectivity index (χ4n) is 5.12. The van der Waals surface area contributed by atoms with Crippen molar-refractivity contribution in [3.63, 3.8) is 0 Å². The van der Waals surface area contributed by atoms with Crippen molar-refractivity contribution in [2.24, 2.45) is 10.5 Å². The molecule has 0 unspecified atom stereocenters. The number of aromatic nitrogens is 2. The molecule has 3 N–H and O–H groups in total. The van der Waals surface area contributed by atoms with Crippen LogP contribution < -0.4 is 15.5 Å². The summed E-state index contributed by atoms with van der Waals surface area (Å²) in [5.41, 5.74) is 6.59. The summed E-state index contributed by atoms with van der Waals surface area (Å²) in [4.78, 5) is 21.4. The zero-order chi connectivity index (χ0) is 35.6. The van der Waals surface area contributed by atoms with Gasteiger partial charge in [-0.3, -0.25) is 14.8 Å². The fraction of sp³-hybridized carbons (Fsp3) is 0.211. The van der Waals surface area contributed by atoms with Crippen LogP contribution in [-0.2, 0) is 10.1 Å². The van der Waals surface area contributed by atoms with Crippen LogP contribution in [0.3, 0.4) is 0 Å². The monoisotopic (exact) mass is 695 g/mol. The molecule has 5 aromatic rings. The number of halogens is 1. The van der Waals surface area contributed by atoms with E-state index in [2.05, 4.69) is 34.7 Å². The van der Waals surface area contributed by atoms with Crippen molar-refractivity contribution in [2.75, 3.05) is 18.6 Å². The van der Waals surface area contributed by atoms with Crippen molar-refractivity contribution in [2.45, 2.75) is 38.0 Å². The summed E-state index contributed by atoms with van der Waals surface area (Å²) in [6.07, 6.45) is 5.21. The van der Waals surface area contributed by atoms with Crippen molar-refractivity contribution in [1.29, 1.82) is 0 Å². The Morgan fingerprint density at radius 2 is 1.66 bits per heavy atom. The summed E-state index contributed by atoms with van der Waals surface area (Å²) in [5, 5.41) is 6.97. The lowest BCUT2D eigenvalue weighted by Crippen LogP contribution is -2.34. The van der Waals surface area contributed by atoms with Gasteiger partial charge in [-0.25, -0.2) is 14.4 Å². The minimum Gasteiger partial charge on any atom is -0.478 e. The molecule has 0 saturated heterocycles. The molecule has 258 valence electrons. The normalized spacial score (nSPS) is 11.8. The Morgan fingerprint density at radius 3 is 2.38 bits per heavy atom. The Morgan fingerprint density at radius 1 is 0.920 bits per heavy atom. The van der Waals surface area contributed by atoms with E-state index in [1.54, 1.807) is 30.3 Å². The number of pyridine rings is 2. The van der Waals surface area contributed by atoms with Gasteiger partial charge >= 0.3 is 0 Å². The molecule has 0 atom stereocenters. The van der Waals surface area contributed by atoms with E-state index < -0.39 is 10.1 Å². The number of benzene rings is 3.